The van der Waals surface area contributed by atoms with E-state index in [1.165, 1.54) is 31.2 Å². The van der Waals surface area contributed by atoms with Crippen LogP contribution in [0.15, 0.2) is 42.5 Å². The molecule has 2 amide bonds. The molecule has 1 spiro atoms. The Morgan fingerprint density at radius 2 is 1.87 bits per heavy atom. The van der Waals surface area contributed by atoms with Crippen molar-refractivity contribution in [2.24, 2.45) is 0 Å². The Morgan fingerprint density at radius 1 is 1.16 bits per heavy atom. The molecule has 31 heavy (non-hydrogen) atoms. The van der Waals surface area contributed by atoms with Gasteiger partial charge in [0.1, 0.15) is 22.9 Å². The molecule has 2 heterocycles. The summed E-state index contributed by atoms with van der Waals surface area (Å²) < 4.78 is 24.8. The number of nitrogens with zero attached hydrogens (tertiary/aromatic N) is 1. The van der Waals surface area contributed by atoms with Gasteiger partial charge < -0.3 is 19.7 Å². The van der Waals surface area contributed by atoms with E-state index in [0.717, 1.165) is 0 Å². The van der Waals surface area contributed by atoms with E-state index in [2.05, 4.69) is 5.32 Å². The van der Waals surface area contributed by atoms with E-state index in [-0.39, 0.29) is 30.5 Å². The molecule has 0 aliphatic carbocycles. The Bertz CT molecular complexity index is 1010. The van der Waals surface area contributed by atoms with Gasteiger partial charge in [-0.25, -0.2) is 4.39 Å². The highest BCUT2D eigenvalue weighted by Gasteiger charge is 2.43. The summed E-state index contributed by atoms with van der Waals surface area (Å²) in [6.45, 7) is 2.40. The zero-order chi connectivity index (χ0) is 22.0. The topological polar surface area (TPSA) is 84.9 Å². The average molecular weight is 426 g/mol. The molecule has 2 aromatic carbocycles. The van der Waals surface area contributed by atoms with Crippen LogP contribution < -0.4 is 14.8 Å². The number of anilines is 1. The molecule has 0 unspecified atom stereocenters. The van der Waals surface area contributed by atoms with Crippen LogP contribution in [-0.2, 0) is 9.59 Å². The van der Waals surface area contributed by atoms with Crippen molar-refractivity contribution >= 4 is 23.3 Å². The number of nitrogens with one attached hydrogen (secondary N) is 1. The molecule has 2 aliphatic heterocycles. The first-order valence-electron chi connectivity index (χ1n) is 10.1. The fraction of sp³-hybridized carbons (Fsp3) is 0.348. The molecule has 0 saturated carbocycles. The molecule has 1 N–H and O–H groups in total. The molecule has 0 aromatic heterocycles. The monoisotopic (exact) mass is 426 g/mol. The van der Waals surface area contributed by atoms with Gasteiger partial charge in [-0.05, 0) is 36.4 Å². The number of benzene rings is 2. The predicted molar refractivity (Wildman–Crippen MR) is 111 cm³/mol. The van der Waals surface area contributed by atoms with Gasteiger partial charge in [-0.3, -0.25) is 14.4 Å². The molecule has 1 fully saturated rings. The summed E-state index contributed by atoms with van der Waals surface area (Å²) >= 11 is 0. The van der Waals surface area contributed by atoms with Crippen molar-refractivity contribution in [1.82, 2.24) is 4.90 Å². The van der Waals surface area contributed by atoms with Crippen LogP contribution in [0.5, 0.6) is 11.5 Å². The second-order valence-corrected chi connectivity index (χ2v) is 7.89. The highest BCUT2D eigenvalue weighted by Crippen LogP contribution is 2.40. The van der Waals surface area contributed by atoms with Gasteiger partial charge in [0.15, 0.2) is 12.4 Å². The molecule has 2 aliphatic rings. The minimum atomic E-state index is -0.616. The summed E-state index contributed by atoms with van der Waals surface area (Å²) in [6.07, 6.45) is 1.46. The van der Waals surface area contributed by atoms with Crippen LogP contribution in [0.1, 0.15) is 36.5 Å². The Hall–Kier alpha value is -3.42. The summed E-state index contributed by atoms with van der Waals surface area (Å²) in [6, 6.07) is 10.3. The van der Waals surface area contributed by atoms with Crippen LogP contribution in [0.25, 0.3) is 0 Å². The second-order valence-electron chi connectivity index (χ2n) is 7.89. The molecular weight excluding hydrogens is 403 g/mol. The minimum Gasteiger partial charge on any atom is -0.486 e. The van der Waals surface area contributed by atoms with Gasteiger partial charge in [-0.1, -0.05) is 0 Å². The number of rotatable bonds is 4. The summed E-state index contributed by atoms with van der Waals surface area (Å²) in [5, 5.41) is 2.62. The van der Waals surface area contributed by atoms with Crippen LogP contribution in [-0.4, -0.2) is 47.8 Å². The molecule has 0 atom stereocenters. The van der Waals surface area contributed by atoms with Crippen LogP contribution in [0, 0.1) is 5.82 Å². The van der Waals surface area contributed by atoms with Crippen molar-refractivity contribution in [2.75, 3.05) is 25.0 Å². The Balaban J connectivity index is 1.40. The highest BCUT2D eigenvalue weighted by molar-refractivity contribution is 6.00. The lowest BCUT2D eigenvalue weighted by Crippen LogP contribution is -2.51. The number of ether oxygens (including phenoxy) is 2. The lowest BCUT2D eigenvalue weighted by Gasteiger charge is -2.43. The Labute approximate surface area is 179 Å². The van der Waals surface area contributed by atoms with Gasteiger partial charge in [0.05, 0.1) is 12.0 Å². The van der Waals surface area contributed by atoms with E-state index in [0.29, 0.717) is 48.7 Å². The van der Waals surface area contributed by atoms with Gasteiger partial charge >= 0.3 is 0 Å². The van der Waals surface area contributed by atoms with E-state index < -0.39 is 11.5 Å². The van der Waals surface area contributed by atoms with E-state index in [4.69, 9.17) is 9.47 Å². The summed E-state index contributed by atoms with van der Waals surface area (Å²) in [4.78, 5) is 38.1. The number of likely N-dealkylation sites (tertiary alicyclic amines) is 1. The number of piperidine rings is 1. The van der Waals surface area contributed by atoms with E-state index in [9.17, 15) is 18.8 Å². The summed E-state index contributed by atoms with van der Waals surface area (Å²) in [5.74, 6) is 0.0742. The first-order valence-corrected chi connectivity index (χ1v) is 10.1. The van der Waals surface area contributed by atoms with Crippen molar-refractivity contribution < 1.29 is 28.2 Å². The van der Waals surface area contributed by atoms with Crippen molar-refractivity contribution in [3.8, 4) is 11.5 Å². The predicted octanol–water partition coefficient (Wildman–Crippen LogP) is 3.19. The maximum absolute atomic E-state index is 13.0. The Morgan fingerprint density at radius 3 is 2.55 bits per heavy atom. The van der Waals surface area contributed by atoms with Gasteiger partial charge in [0, 0.05) is 44.6 Å². The molecule has 1 saturated heterocycles. The Kier molecular flexibility index (Phi) is 5.63. The number of hydrogen-bond donors (Lipinski definition) is 1. The number of fused-ring (bicyclic) bond motifs is 1. The molecule has 8 heteroatoms. The highest BCUT2D eigenvalue weighted by atomic mass is 19.1. The first-order chi connectivity index (χ1) is 14.8. The van der Waals surface area contributed by atoms with Gasteiger partial charge in [0.25, 0.3) is 5.91 Å². The molecule has 7 nitrogen and oxygen atoms in total. The van der Waals surface area contributed by atoms with E-state index in [1.54, 1.807) is 23.1 Å². The van der Waals surface area contributed by atoms with Gasteiger partial charge in [-0.2, -0.15) is 0 Å². The van der Waals surface area contributed by atoms with Gasteiger partial charge in [0.2, 0.25) is 5.91 Å². The molecule has 0 bridgehead atoms. The standard InChI is InChI=1S/C23H23FN2O5/c1-15(27)26-10-8-23(9-11-26)13-20(28)19-7-6-18(12-21(19)31-23)30-14-22(29)25-17-4-2-16(24)3-5-17/h2-7,12H,8-11,13-14H2,1H3,(H,25,29). The quantitative estimate of drug-likeness (QED) is 0.812. The third-order valence-corrected chi connectivity index (χ3v) is 5.68. The van der Waals surface area contributed by atoms with Gasteiger partial charge in [-0.15, -0.1) is 0 Å². The van der Waals surface area contributed by atoms with Crippen molar-refractivity contribution in [2.45, 2.75) is 31.8 Å². The number of ketones is 1. The zero-order valence-electron chi connectivity index (χ0n) is 17.2. The summed E-state index contributed by atoms with van der Waals surface area (Å²) in [5.41, 5.74) is 0.338. The van der Waals surface area contributed by atoms with Crippen molar-refractivity contribution in [3.05, 3.63) is 53.8 Å². The van der Waals surface area contributed by atoms with Crippen LogP contribution >= 0.6 is 0 Å². The van der Waals surface area contributed by atoms with E-state index in [1.807, 2.05) is 0 Å². The SMILES string of the molecule is CC(=O)N1CCC2(CC1)CC(=O)c1ccc(OCC(=O)Nc3ccc(F)cc3)cc1O2. The van der Waals surface area contributed by atoms with Crippen molar-refractivity contribution in [1.29, 1.82) is 0 Å². The fourth-order valence-corrected chi connectivity index (χ4v) is 3.95. The van der Waals surface area contributed by atoms with Crippen LogP contribution in [0.4, 0.5) is 10.1 Å². The minimum absolute atomic E-state index is 0.00173. The normalized spacial score (nSPS) is 17.0. The first kappa shape index (κ1) is 20.8. The second kappa shape index (κ2) is 8.37. The van der Waals surface area contributed by atoms with E-state index >= 15 is 0 Å². The maximum atomic E-state index is 13.0. The molecular formula is C23H23FN2O5. The molecule has 4 rings (SSSR count). The average Bonchev–Trinajstić information content (AvgIpc) is 2.74. The number of amides is 2. The lowest BCUT2D eigenvalue weighted by molar-refractivity contribution is -0.132. The lowest BCUT2D eigenvalue weighted by atomic mass is 9.82. The number of halogens is 1. The number of Topliss-reactive ketones (excluding diaryl/α,β-unsaturated/α-hetero) is 1. The zero-order valence-corrected chi connectivity index (χ0v) is 17.2. The maximum Gasteiger partial charge on any atom is 0.262 e. The molecule has 2 aromatic rings. The third-order valence-electron chi connectivity index (χ3n) is 5.68. The van der Waals surface area contributed by atoms with Crippen molar-refractivity contribution in [3.63, 3.8) is 0 Å². The number of carbonyl (C=O) groups excluding carboxylic acids is 3. The summed E-state index contributed by atoms with van der Waals surface area (Å²) in [7, 11) is 0. The smallest absolute Gasteiger partial charge is 0.262 e. The number of hydrogen-bond acceptors (Lipinski definition) is 5. The van der Waals surface area contributed by atoms with Crippen LogP contribution in [0.2, 0.25) is 0 Å². The molecule has 0 radical (unpaired) electrons. The molecule has 162 valence electrons. The number of carbonyl (C=O) groups is 3. The third kappa shape index (κ3) is 4.68. The largest absolute Gasteiger partial charge is 0.486 e. The van der Waals surface area contributed by atoms with Crippen LogP contribution in [0.3, 0.4) is 0 Å². The fourth-order valence-electron chi connectivity index (χ4n) is 3.95.